The van der Waals surface area contributed by atoms with Gasteiger partial charge in [0.2, 0.25) is 10.0 Å². The van der Waals surface area contributed by atoms with Crippen LogP contribution in [0.5, 0.6) is 0 Å². The van der Waals surface area contributed by atoms with Crippen LogP contribution in [0.1, 0.15) is 31.6 Å². The summed E-state index contributed by atoms with van der Waals surface area (Å²) >= 11 is 1.40. The lowest BCUT2D eigenvalue weighted by molar-refractivity contribution is 0.419. The molecule has 0 aliphatic carbocycles. The zero-order chi connectivity index (χ0) is 12.9. The van der Waals surface area contributed by atoms with Crippen LogP contribution in [0.3, 0.4) is 0 Å². The van der Waals surface area contributed by atoms with Crippen molar-refractivity contribution < 1.29 is 8.42 Å². The average molecular weight is 276 g/mol. The number of nitrogens with two attached hydrogens (primary N) is 1. The molecule has 1 aromatic heterocycles. The molecule has 0 fully saturated rings. The summed E-state index contributed by atoms with van der Waals surface area (Å²) in [4.78, 5) is 1.27. The van der Waals surface area contributed by atoms with Gasteiger partial charge in [0.1, 0.15) is 0 Å². The summed E-state index contributed by atoms with van der Waals surface area (Å²) in [6, 6.07) is 1.68. The summed E-state index contributed by atoms with van der Waals surface area (Å²) in [5, 5.41) is 1.67. The molecule has 17 heavy (non-hydrogen) atoms. The van der Waals surface area contributed by atoms with E-state index in [4.69, 9.17) is 5.73 Å². The Morgan fingerprint density at radius 2 is 2.12 bits per heavy atom. The Hall–Kier alpha value is -0.430. The predicted octanol–water partition coefficient (Wildman–Crippen LogP) is 2.02. The van der Waals surface area contributed by atoms with Crippen LogP contribution >= 0.6 is 11.3 Å². The second-order valence-corrected chi connectivity index (χ2v) is 6.74. The predicted molar refractivity (Wildman–Crippen MR) is 71.6 cm³/mol. The number of sulfonamides is 1. The molecule has 0 saturated heterocycles. The Labute approximate surface area is 107 Å². The molecule has 0 aromatic carbocycles. The highest BCUT2D eigenvalue weighted by molar-refractivity contribution is 7.89. The maximum atomic E-state index is 12.3. The van der Waals surface area contributed by atoms with E-state index >= 15 is 0 Å². The molecule has 0 saturated carbocycles. The molecule has 2 N–H and O–H groups in total. The number of thiophene rings is 1. The first-order valence-corrected chi connectivity index (χ1v) is 8.15. The minimum atomic E-state index is -3.32. The quantitative estimate of drug-likeness (QED) is 0.828. The highest BCUT2D eigenvalue weighted by Crippen LogP contribution is 2.22. The van der Waals surface area contributed by atoms with Crippen LogP contribution in [0.15, 0.2) is 16.3 Å². The molecule has 0 aliphatic heterocycles. The highest BCUT2D eigenvalue weighted by atomic mass is 32.2. The van der Waals surface area contributed by atoms with E-state index in [2.05, 4.69) is 6.92 Å². The molecule has 0 spiro atoms. The topological polar surface area (TPSA) is 63.4 Å². The molecular weight excluding hydrogens is 256 g/mol. The lowest BCUT2D eigenvalue weighted by Gasteiger charge is -2.19. The molecule has 0 amide bonds. The number of hydrogen-bond acceptors (Lipinski definition) is 4. The van der Waals surface area contributed by atoms with Crippen molar-refractivity contribution in [2.75, 3.05) is 13.1 Å². The molecule has 98 valence electrons. The van der Waals surface area contributed by atoms with Crippen LogP contribution < -0.4 is 5.73 Å². The van der Waals surface area contributed by atoms with Gasteiger partial charge in [-0.25, -0.2) is 8.42 Å². The van der Waals surface area contributed by atoms with Crippen LogP contribution in [-0.4, -0.2) is 25.8 Å². The minimum absolute atomic E-state index is 0.376. The SMILES string of the molecule is CCCCN(CC)S(=O)(=O)c1csc(CN)c1. The van der Waals surface area contributed by atoms with Gasteiger partial charge in [0.25, 0.3) is 0 Å². The smallest absolute Gasteiger partial charge is 0.243 e. The van der Waals surface area contributed by atoms with Crippen molar-refractivity contribution >= 4 is 21.4 Å². The molecule has 0 radical (unpaired) electrons. The third-order valence-electron chi connectivity index (χ3n) is 2.58. The van der Waals surface area contributed by atoms with E-state index in [1.54, 1.807) is 11.4 Å². The molecular formula is C11H20N2O2S2. The number of rotatable bonds is 7. The number of unbranched alkanes of at least 4 members (excludes halogenated alkanes) is 1. The highest BCUT2D eigenvalue weighted by Gasteiger charge is 2.23. The lowest BCUT2D eigenvalue weighted by atomic mass is 10.3. The maximum absolute atomic E-state index is 12.3. The molecule has 0 unspecified atom stereocenters. The Balaban J connectivity index is 2.91. The Morgan fingerprint density at radius 3 is 2.59 bits per heavy atom. The van der Waals surface area contributed by atoms with Gasteiger partial charge in [0.05, 0.1) is 4.90 Å². The van der Waals surface area contributed by atoms with Crippen LogP contribution in [0.4, 0.5) is 0 Å². The largest absolute Gasteiger partial charge is 0.326 e. The summed E-state index contributed by atoms with van der Waals surface area (Å²) in [5.41, 5.74) is 5.50. The van der Waals surface area contributed by atoms with Crippen molar-refractivity contribution in [2.45, 2.75) is 38.1 Å². The minimum Gasteiger partial charge on any atom is -0.326 e. The second kappa shape index (κ2) is 6.49. The van der Waals surface area contributed by atoms with Crippen molar-refractivity contribution in [1.29, 1.82) is 0 Å². The molecule has 1 aromatic rings. The summed E-state index contributed by atoms with van der Waals surface area (Å²) < 4.78 is 26.1. The van der Waals surface area contributed by atoms with E-state index in [0.29, 0.717) is 24.5 Å². The first-order valence-electron chi connectivity index (χ1n) is 5.83. The zero-order valence-corrected chi connectivity index (χ0v) is 12.0. The molecule has 4 nitrogen and oxygen atoms in total. The Bertz CT molecular complexity index is 440. The van der Waals surface area contributed by atoms with Crippen molar-refractivity contribution in [3.63, 3.8) is 0 Å². The van der Waals surface area contributed by atoms with Gasteiger partial charge in [-0.2, -0.15) is 4.31 Å². The molecule has 6 heteroatoms. The van der Waals surface area contributed by atoms with Gasteiger partial charge in [-0.3, -0.25) is 0 Å². The zero-order valence-electron chi connectivity index (χ0n) is 10.3. The first-order chi connectivity index (χ1) is 8.06. The summed E-state index contributed by atoms with van der Waals surface area (Å²) in [7, 11) is -3.32. The summed E-state index contributed by atoms with van der Waals surface area (Å²) in [5.74, 6) is 0. The fourth-order valence-corrected chi connectivity index (χ4v) is 4.17. The van der Waals surface area contributed by atoms with Crippen molar-refractivity contribution in [1.82, 2.24) is 4.31 Å². The van der Waals surface area contributed by atoms with Crippen LogP contribution in [0, 0.1) is 0 Å². The van der Waals surface area contributed by atoms with Crippen molar-refractivity contribution in [2.24, 2.45) is 5.73 Å². The summed E-state index contributed by atoms with van der Waals surface area (Å²) in [6.45, 7) is 5.40. The van der Waals surface area contributed by atoms with Gasteiger partial charge >= 0.3 is 0 Å². The molecule has 0 atom stereocenters. The van der Waals surface area contributed by atoms with E-state index in [9.17, 15) is 8.42 Å². The second-order valence-electron chi connectivity index (χ2n) is 3.80. The normalized spacial score (nSPS) is 12.2. The number of hydrogen-bond donors (Lipinski definition) is 1. The van der Waals surface area contributed by atoms with Gasteiger partial charge in [0.15, 0.2) is 0 Å². The van der Waals surface area contributed by atoms with Gasteiger partial charge in [-0.1, -0.05) is 20.3 Å². The van der Waals surface area contributed by atoms with Crippen LogP contribution in [0.25, 0.3) is 0 Å². The van der Waals surface area contributed by atoms with Crippen LogP contribution in [0.2, 0.25) is 0 Å². The third kappa shape index (κ3) is 3.51. The Morgan fingerprint density at radius 1 is 1.41 bits per heavy atom. The van der Waals surface area contributed by atoms with E-state index in [-0.39, 0.29) is 0 Å². The lowest BCUT2D eigenvalue weighted by Crippen LogP contribution is -2.31. The van der Waals surface area contributed by atoms with E-state index in [1.807, 2.05) is 6.92 Å². The van der Waals surface area contributed by atoms with Gasteiger partial charge in [0, 0.05) is 29.9 Å². The molecule has 1 rings (SSSR count). The van der Waals surface area contributed by atoms with Crippen molar-refractivity contribution in [3.05, 3.63) is 16.3 Å². The number of nitrogens with zero attached hydrogens (tertiary/aromatic N) is 1. The third-order valence-corrected chi connectivity index (χ3v) is 5.64. The summed E-state index contributed by atoms with van der Waals surface area (Å²) in [6.07, 6.45) is 1.88. The maximum Gasteiger partial charge on any atom is 0.243 e. The molecule has 0 aliphatic rings. The monoisotopic (exact) mass is 276 g/mol. The molecule has 1 heterocycles. The van der Waals surface area contributed by atoms with Gasteiger partial charge < -0.3 is 5.73 Å². The first kappa shape index (κ1) is 14.6. The van der Waals surface area contributed by atoms with E-state index in [0.717, 1.165) is 17.7 Å². The van der Waals surface area contributed by atoms with Crippen LogP contribution in [-0.2, 0) is 16.6 Å². The average Bonchev–Trinajstić information content (AvgIpc) is 2.79. The fraction of sp³-hybridized carbons (Fsp3) is 0.636. The van der Waals surface area contributed by atoms with E-state index in [1.165, 1.54) is 15.6 Å². The standard InChI is InChI=1S/C11H20N2O2S2/c1-3-5-6-13(4-2)17(14,15)11-7-10(8-12)16-9-11/h7,9H,3-6,8,12H2,1-2H3. The van der Waals surface area contributed by atoms with Gasteiger partial charge in [-0.15, -0.1) is 11.3 Å². The van der Waals surface area contributed by atoms with E-state index < -0.39 is 10.0 Å². The molecule has 0 bridgehead atoms. The Kier molecular flexibility index (Phi) is 5.58. The van der Waals surface area contributed by atoms with Gasteiger partial charge in [-0.05, 0) is 12.5 Å². The fourth-order valence-electron chi connectivity index (χ4n) is 1.53. The van der Waals surface area contributed by atoms with Crippen molar-refractivity contribution in [3.8, 4) is 0 Å².